The highest BCUT2D eigenvalue weighted by molar-refractivity contribution is 6.00. The van der Waals surface area contributed by atoms with Crippen LogP contribution in [0, 0.1) is 17.0 Å². The van der Waals surface area contributed by atoms with E-state index in [9.17, 15) is 15.0 Å². The Labute approximate surface area is 249 Å². The first-order chi connectivity index (χ1) is 21.0. The highest BCUT2D eigenvalue weighted by atomic mass is 19.1. The Kier molecular flexibility index (Phi) is 8.15. The molecule has 2 heterocycles. The number of carbonyl (C=O) groups is 1. The molecule has 0 spiro atoms. The van der Waals surface area contributed by atoms with Crippen LogP contribution in [-0.4, -0.2) is 65.0 Å². The van der Waals surface area contributed by atoms with Crippen molar-refractivity contribution in [3.63, 3.8) is 0 Å². The minimum atomic E-state index is -1.46. The fourth-order valence-electron chi connectivity index (χ4n) is 4.19. The normalized spacial score (nSPS) is 12.5. The molecule has 0 unspecified atom stereocenters. The fraction of sp³-hybridized carbons (Fsp3) is 0.133. The summed E-state index contributed by atoms with van der Waals surface area (Å²) in [6.45, 7) is 1.33. The van der Waals surface area contributed by atoms with Gasteiger partial charge in [-0.25, -0.2) is 4.79 Å². The van der Waals surface area contributed by atoms with Crippen LogP contribution in [0.5, 0.6) is 46.3 Å². The van der Waals surface area contributed by atoms with E-state index < -0.39 is 52.4 Å². The number of aromatic hydroxyl groups is 2. The quantitative estimate of drug-likeness (QED) is 0.117. The number of aromatic nitrogens is 1. The maximum atomic E-state index is 15.8. The number of nitrogen functional groups attached to an aromatic ring is 1. The lowest BCUT2D eigenvalue weighted by molar-refractivity contribution is 0.0600. The lowest BCUT2D eigenvalue weighted by Gasteiger charge is -2.17. The number of methoxy groups -OCH3 is 1. The predicted octanol–water partition coefficient (Wildman–Crippen LogP) is 4.91. The van der Waals surface area contributed by atoms with Crippen LogP contribution in [0.3, 0.4) is 0 Å². The SMILES string of the molecule is COC(=O)c1ccc(Oc2c(F)c(Oc3cccc(C4=NCCN4C)c3)nc(Oc3cc(C(=N)N)ccc3O)c2F)c(O)c1. The maximum Gasteiger partial charge on any atom is 0.337 e. The lowest BCUT2D eigenvalue weighted by Crippen LogP contribution is -2.23. The Hall–Kier alpha value is -5.92. The van der Waals surface area contributed by atoms with Gasteiger partial charge >= 0.3 is 5.97 Å². The molecule has 14 heteroatoms. The summed E-state index contributed by atoms with van der Waals surface area (Å²) >= 11 is 0. The van der Waals surface area contributed by atoms with Crippen LogP contribution in [0.1, 0.15) is 21.5 Å². The molecule has 5 N–H and O–H groups in total. The fourth-order valence-corrected chi connectivity index (χ4v) is 4.19. The average molecular weight is 606 g/mol. The molecule has 1 aromatic heterocycles. The van der Waals surface area contributed by atoms with Crippen molar-refractivity contribution >= 4 is 17.6 Å². The highest BCUT2D eigenvalue weighted by Gasteiger charge is 2.28. The number of rotatable bonds is 9. The molecular formula is C30H25F2N5O7. The summed E-state index contributed by atoms with van der Waals surface area (Å²) in [7, 11) is 3.02. The van der Waals surface area contributed by atoms with E-state index in [1.54, 1.807) is 18.2 Å². The van der Waals surface area contributed by atoms with E-state index in [1.807, 2.05) is 11.9 Å². The molecule has 4 aromatic rings. The molecule has 3 aromatic carbocycles. The van der Waals surface area contributed by atoms with E-state index in [0.717, 1.165) is 37.9 Å². The van der Waals surface area contributed by atoms with E-state index in [0.29, 0.717) is 17.9 Å². The first kappa shape index (κ1) is 29.6. The van der Waals surface area contributed by atoms with Crippen LogP contribution in [-0.2, 0) is 4.74 Å². The molecule has 0 saturated heterocycles. The van der Waals surface area contributed by atoms with Crippen LogP contribution in [0.15, 0.2) is 65.7 Å². The summed E-state index contributed by atoms with van der Waals surface area (Å²) in [5, 5.41) is 28.4. The molecule has 0 amide bonds. The Morgan fingerprint density at radius 3 is 2.32 bits per heavy atom. The number of hydrogen-bond donors (Lipinski definition) is 4. The molecule has 0 saturated carbocycles. The number of phenolic OH excluding ortho intramolecular Hbond substituents is 2. The number of nitrogens with zero attached hydrogens (tertiary/aromatic N) is 3. The zero-order chi connectivity index (χ0) is 31.5. The van der Waals surface area contributed by atoms with E-state index in [1.165, 1.54) is 18.2 Å². The van der Waals surface area contributed by atoms with Crippen LogP contribution in [0.2, 0.25) is 0 Å². The van der Waals surface area contributed by atoms with Crippen LogP contribution < -0.4 is 19.9 Å². The monoisotopic (exact) mass is 605 g/mol. The number of halogens is 2. The zero-order valence-electron chi connectivity index (χ0n) is 23.3. The van der Waals surface area contributed by atoms with E-state index in [-0.39, 0.29) is 28.5 Å². The third kappa shape index (κ3) is 5.99. The number of carbonyl (C=O) groups excluding carboxylic acids is 1. The molecule has 0 radical (unpaired) electrons. The number of pyridine rings is 1. The van der Waals surface area contributed by atoms with Crippen LogP contribution >= 0.6 is 0 Å². The molecule has 1 aliphatic heterocycles. The molecule has 0 atom stereocenters. The number of phenols is 2. The van der Waals surface area contributed by atoms with Gasteiger partial charge in [0.1, 0.15) is 17.4 Å². The van der Waals surface area contributed by atoms with Gasteiger partial charge in [-0.1, -0.05) is 12.1 Å². The van der Waals surface area contributed by atoms with Gasteiger partial charge in [0, 0.05) is 24.7 Å². The summed E-state index contributed by atoms with van der Waals surface area (Å²) in [5.41, 5.74) is 6.29. The molecule has 0 bridgehead atoms. The first-order valence-electron chi connectivity index (χ1n) is 12.9. The zero-order valence-corrected chi connectivity index (χ0v) is 23.3. The number of amidine groups is 2. The smallest absolute Gasteiger partial charge is 0.337 e. The van der Waals surface area contributed by atoms with Gasteiger partial charge in [0.05, 0.1) is 19.2 Å². The van der Waals surface area contributed by atoms with Crippen molar-refractivity contribution in [1.82, 2.24) is 9.88 Å². The van der Waals surface area contributed by atoms with Gasteiger partial charge in [-0.05, 0) is 48.5 Å². The maximum absolute atomic E-state index is 15.8. The number of hydrogen-bond acceptors (Lipinski definition) is 11. The molecule has 1 aliphatic rings. The van der Waals surface area contributed by atoms with Crippen molar-refractivity contribution in [2.75, 3.05) is 27.2 Å². The van der Waals surface area contributed by atoms with Crippen molar-refractivity contribution in [1.29, 1.82) is 5.41 Å². The molecule has 12 nitrogen and oxygen atoms in total. The van der Waals surface area contributed by atoms with Gasteiger partial charge in [-0.15, -0.1) is 0 Å². The molecule has 5 rings (SSSR count). The third-order valence-corrected chi connectivity index (χ3v) is 6.41. The van der Waals surface area contributed by atoms with Gasteiger partial charge in [-0.2, -0.15) is 13.8 Å². The summed E-state index contributed by atoms with van der Waals surface area (Å²) < 4.78 is 52.9. The second kappa shape index (κ2) is 12.1. The van der Waals surface area contributed by atoms with Crippen molar-refractivity contribution in [2.24, 2.45) is 10.7 Å². The van der Waals surface area contributed by atoms with Crippen molar-refractivity contribution in [2.45, 2.75) is 0 Å². The predicted molar refractivity (Wildman–Crippen MR) is 153 cm³/mol. The number of likely N-dealkylation sites (N-methyl/N-ethyl adjacent to an activating group) is 1. The number of ether oxygens (including phenoxy) is 4. The largest absolute Gasteiger partial charge is 0.504 e. The topological polar surface area (TPSA) is 173 Å². The number of aliphatic imine (C=N–C) groups is 1. The van der Waals surface area contributed by atoms with Crippen molar-refractivity contribution in [3.05, 3.63) is 89.0 Å². The minimum Gasteiger partial charge on any atom is -0.504 e. The lowest BCUT2D eigenvalue weighted by atomic mass is 10.2. The van der Waals surface area contributed by atoms with Gasteiger partial charge in [0.15, 0.2) is 23.0 Å². The van der Waals surface area contributed by atoms with Gasteiger partial charge < -0.3 is 39.8 Å². The van der Waals surface area contributed by atoms with Crippen LogP contribution in [0.25, 0.3) is 0 Å². The standard InChI is InChI=1S/C30H25F2N5O7/c1-37-11-10-35-27(37)16-4-3-5-18(12-16)42-28-23(31)25(43-21-9-7-17(13-20(21)39)30(40)41-2)24(32)29(36-28)44-22-14-15(26(33)34)6-8-19(22)38/h3-9,12-14,38-39H,10-11H2,1-2H3,(H3,33,34). The number of esters is 1. The number of nitrogens with one attached hydrogen (secondary N) is 1. The molecule has 0 fully saturated rings. The Bertz CT molecular complexity index is 1820. The third-order valence-electron chi connectivity index (χ3n) is 6.41. The summed E-state index contributed by atoms with van der Waals surface area (Å²) in [5.74, 6) is -7.78. The van der Waals surface area contributed by atoms with Crippen LogP contribution in [0.4, 0.5) is 8.78 Å². The Balaban J connectivity index is 1.58. The molecular weight excluding hydrogens is 580 g/mol. The molecule has 226 valence electrons. The molecule has 0 aliphatic carbocycles. The van der Waals surface area contributed by atoms with Gasteiger partial charge in [0.25, 0.3) is 11.8 Å². The Morgan fingerprint density at radius 1 is 0.932 bits per heavy atom. The van der Waals surface area contributed by atoms with E-state index >= 15 is 8.78 Å². The van der Waals surface area contributed by atoms with Crippen molar-refractivity contribution in [3.8, 4) is 46.3 Å². The number of nitrogens with two attached hydrogens (primary N) is 1. The number of benzene rings is 3. The Morgan fingerprint density at radius 2 is 1.66 bits per heavy atom. The van der Waals surface area contributed by atoms with E-state index in [4.69, 9.17) is 25.4 Å². The summed E-state index contributed by atoms with van der Waals surface area (Å²) in [6.07, 6.45) is 0. The first-order valence-corrected chi connectivity index (χ1v) is 12.9. The van der Waals surface area contributed by atoms with E-state index in [2.05, 4.69) is 14.7 Å². The minimum absolute atomic E-state index is 0.0423. The van der Waals surface area contributed by atoms with Gasteiger partial charge in [-0.3, -0.25) is 10.4 Å². The second-order valence-corrected chi connectivity index (χ2v) is 9.41. The summed E-state index contributed by atoms with van der Waals surface area (Å²) in [4.78, 5) is 22.1. The van der Waals surface area contributed by atoms with Crippen molar-refractivity contribution < 1.29 is 42.7 Å². The summed E-state index contributed by atoms with van der Waals surface area (Å²) in [6, 6.07) is 13.5. The second-order valence-electron chi connectivity index (χ2n) is 9.41. The molecule has 44 heavy (non-hydrogen) atoms. The average Bonchev–Trinajstić information content (AvgIpc) is 3.44. The van der Waals surface area contributed by atoms with Gasteiger partial charge in [0.2, 0.25) is 17.4 Å². The highest BCUT2D eigenvalue weighted by Crippen LogP contribution is 2.42.